The fourth-order valence-electron chi connectivity index (χ4n) is 3.97. The topological polar surface area (TPSA) is 63.2 Å². The number of hydrogen-bond acceptors (Lipinski definition) is 5. The molecular formula is C27H20BrN3O2S2. The first kappa shape index (κ1) is 23.4. The average Bonchev–Trinajstić information content (AvgIpc) is 3.29. The van der Waals surface area contributed by atoms with E-state index in [0.717, 1.165) is 47.3 Å². The summed E-state index contributed by atoms with van der Waals surface area (Å²) < 4.78 is 7.40. The number of ether oxygens (including phenoxy) is 1. The molecule has 2 N–H and O–H groups in total. The van der Waals surface area contributed by atoms with Crippen LogP contribution >= 0.6 is 39.5 Å². The predicted molar refractivity (Wildman–Crippen MR) is 152 cm³/mol. The lowest BCUT2D eigenvalue weighted by atomic mass is 10.1. The van der Waals surface area contributed by atoms with Gasteiger partial charge in [0.1, 0.15) is 10.8 Å². The summed E-state index contributed by atoms with van der Waals surface area (Å²) in [6, 6.07) is 23.6. The minimum atomic E-state index is -0.356. The molecule has 0 bridgehead atoms. The number of carbonyl (C=O) groups excluding carboxylic acids is 1. The second kappa shape index (κ2) is 9.73. The van der Waals surface area contributed by atoms with Crippen molar-refractivity contribution in [3.63, 3.8) is 0 Å². The fraction of sp³-hybridized carbons (Fsp3) is 0.0741. The van der Waals surface area contributed by atoms with Crippen molar-refractivity contribution in [2.75, 3.05) is 12.4 Å². The lowest BCUT2D eigenvalue weighted by Crippen LogP contribution is -2.34. The van der Waals surface area contributed by atoms with Gasteiger partial charge in [0.25, 0.3) is 5.91 Å². The minimum Gasteiger partial charge on any atom is -0.495 e. The number of thiocarbonyl (C=S) groups is 1. The molecule has 0 radical (unpaired) electrons. The molecule has 0 fully saturated rings. The van der Waals surface area contributed by atoms with E-state index in [1.165, 1.54) is 0 Å². The van der Waals surface area contributed by atoms with Crippen LogP contribution < -0.4 is 15.4 Å². The molecule has 0 spiro atoms. The first-order chi connectivity index (χ1) is 17.0. The summed E-state index contributed by atoms with van der Waals surface area (Å²) in [5.41, 5.74) is 4.18. The van der Waals surface area contributed by atoms with E-state index in [9.17, 15) is 4.79 Å². The third-order valence-corrected chi connectivity index (χ3v) is 7.78. The van der Waals surface area contributed by atoms with Crippen LogP contribution in [-0.2, 0) is 0 Å². The molecule has 0 aliphatic rings. The van der Waals surface area contributed by atoms with Gasteiger partial charge in [0.05, 0.1) is 27.4 Å². The number of nitrogens with zero attached hydrogens (tertiary/aromatic N) is 1. The summed E-state index contributed by atoms with van der Waals surface area (Å²) >= 11 is 10.7. The number of aromatic nitrogens is 1. The van der Waals surface area contributed by atoms with Gasteiger partial charge in [-0.05, 0) is 75.7 Å². The predicted octanol–water partition coefficient (Wildman–Crippen LogP) is 7.32. The zero-order valence-electron chi connectivity index (χ0n) is 18.9. The van der Waals surface area contributed by atoms with E-state index < -0.39 is 0 Å². The van der Waals surface area contributed by atoms with Gasteiger partial charge >= 0.3 is 0 Å². The number of nitrogens with one attached hydrogen (secondary N) is 2. The summed E-state index contributed by atoms with van der Waals surface area (Å²) in [5, 5.41) is 8.97. The smallest absolute Gasteiger partial charge is 0.261 e. The van der Waals surface area contributed by atoms with Crippen molar-refractivity contribution < 1.29 is 9.53 Å². The maximum absolute atomic E-state index is 13.1. The quantitative estimate of drug-likeness (QED) is 0.225. The molecule has 0 saturated carbocycles. The van der Waals surface area contributed by atoms with Crippen molar-refractivity contribution in [3.05, 3.63) is 88.4 Å². The summed E-state index contributed by atoms with van der Waals surface area (Å²) in [6.45, 7) is 2.01. The number of fused-ring (bicyclic) bond motifs is 2. The van der Waals surface area contributed by atoms with E-state index in [1.54, 1.807) is 24.5 Å². The Bertz CT molecular complexity index is 1580. The highest BCUT2D eigenvalue weighted by atomic mass is 79.9. The van der Waals surface area contributed by atoms with Crippen LogP contribution in [-0.4, -0.2) is 23.1 Å². The lowest BCUT2D eigenvalue weighted by Gasteiger charge is -2.16. The highest BCUT2D eigenvalue weighted by Gasteiger charge is 2.19. The zero-order chi connectivity index (χ0) is 24.5. The molecule has 174 valence electrons. The van der Waals surface area contributed by atoms with E-state index in [4.69, 9.17) is 21.9 Å². The fourth-order valence-corrected chi connectivity index (χ4v) is 5.95. The standard InChI is InChI=1S/C27H20BrN3O2S2/c1-15-17(26-29-21-11-5-6-13-22(21)35-26)10-7-12-20(15)30-27(34)31-25(32)19-14-16-8-3-4-9-18(16)23(28)24(19)33-2/h3-14H,1-2H3,(H2,30,31,32,34). The van der Waals surface area contributed by atoms with Crippen LogP contribution in [0, 0.1) is 6.92 Å². The van der Waals surface area contributed by atoms with Gasteiger partial charge in [0.15, 0.2) is 5.11 Å². The SMILES string of the molecule is COc1c(C(=O)NC(=S)Nc2cccc(-c3nc4ccccc4s3)c2C)cc2ccccc2c1Br. The van der Waals surface area contributed by atoms with Crippen molar-refractivity contribution in [2.24, 2.45) is 0 Å². The van der Waals surface area contributed by atoms with Crippen LogP contribution in [0.4, 0.5) is 5.69 Å². The Morgan fingerprint density at radius 3 is 2.63 bits per heavy atom. The number of rotatable bonds is 4. The zero-order valence-corrected chi connectivity index (χ0v) is 22.1. The number of amides is 1. The number of halogens is 1. The van der Waals surface area contributed by atoms with Crippen LogP contribution in [0.3, 0.4) is 0 Å². The Balaban J connectivity index is 1.39. The second-order valence-corrected chi connectivity index (χ2v) is 10.1. The molecule has 5 aromatic rings. The minimum absolute atomic E-state index is 0.200. The molecular weight excluding hydrogens is 542 g/mol. The van der Waals surface area contributed by atoms with Crippen molar-refractivity contribution in [1.29, 1.82) is 0 Å². The number of hydrogen-bond donors (Lipinski definition) is 2. The average molecular weight is 563 g/mol. The summed E-state index contributed by atoms with van der Waals surface area (Å²) in [4.78, 5) is 17.9. The highest BCUT2D eigenvalue weighted by Crippen LogP contribution is 2.37. The molecule has 0 unspecified atom stereocenters. The number of carbonyl (C=O) groups is 1. The maximum atomic E-state index is 13.1. The third kappa shape index (κ3) is 4.52. The Hall–Kier alpha value is -3.33. The van der Waals surface area contributed by atoms with E-state index in [1.807, 2.05) is 67.6 Å². The molecule has 0 saturated heterocycles. The normalized spacial score (nSPS) is 10.9. The van der Waals surface area contributed by atoms with Gasteiger partial charge in [-0.15, -0.1) is 11.3 Å². The molecule has 0 aliphatic carbocycles. The summed E-state index contributed by atoms with van der Waals surface area (Å²) in [5.74, 6) is 0.101. The molecule has 8 heteroatoms. The highest BCUT2D eigenvalue weighted by molar-refractivity contribution is 9.10. The monoisotopic (exact) mass is 561 g/mol. The first-order valence-corrected chi connectivity index (χ1v) is 12.8. The van der Waals surface area contributed by atoms with Crippen LogP contribution in [0.25, 0.3) is 31.6 Å². The van der Waals surface area contributed by atoms with E-state index in [-0.39, 0.29) is 11.0 Å². The van der Waals surface area contributed by atoms with Crippen LogP contribution in [0.15, 0.2) is 77.3 Å². The van der Waals surface area contributed by atoms with Crippen molar-refractivity contribution in [3.8, 4) is 16.3 Å². The van der Waals surface area contributed by atoms with Crippen LogP contribution in [0.5, 0.6) is 5.75 Å². The van der Waals surface area contributed by atoms with Gasteiger partial charge in [0, 0.05) is 11.3 Å². The third-order valence-electron chi connectivity index (χ3n) is 5.72. The number of thiazole rings is 1. The lowest BCUT2D eigenvalue weighted by molar-refractivity contribution is 0.0975. The molecule has 1 heterocycles. The Kier molecular flexibility index (Phi) is 6.51. The maximum Gasteiger partial charge on any atom is 0.261 e. The Morgan fingerprint density at radius 1 is 1.06 bits per heavy atom. The molecule has 0 atom stereocenters. The number of anilines is 1. The molecule has 1 aromatic heterocycles. The van der Waals surface area contributed by atoms with Gasteiger partial charge in [-0.3, -0.25) is 10.1 Å². The molecule has 1 amide bonds. The van der Waals surface area contributed by atoms with Gasteiger partial charge < -0.3 is 10.1 Å². The van der Waals surface area contributed by atoms with E-state index >= 15 is 0 Å². The molecule has 5 nitrogen and oxygen atoms in total. The van der Waals surface area contributed by atoms with Crippen molar-refractivity contribution in [2.45, 2.75) is 6.92 Å². The molecule has 0 aliphatic heterocycles. The molecule has 4 aromatic carbocycles. The van der Waals surface area contributed by atoms with Crippen molar-refractivity contribution >= 4 is 77.2 Å². The summed E-state index contributed by atoms with van der Waals surface area (Å²) in [7, 11) is 1.54. The molecule has 35 heavy (non-hydrogen) atoms. The first-order valence-electron chi connectivity index (χ1n) is 10.8. The van der Waals surface area contributed by atoms with Gasteiger partial charge in [0.2, 0.25) is 0 Å². The van der Waals surface area contributed by atoms with Gasteiger partial charge in [-0.2, -0.15) is 0 Å². The largest absolute Gasteiger partial charge is 0.495 e. The van der Waals surface area contributed by atoms with Gasteiger partial charge in [-0.1, -0.05) is 48.5 Å². The van der Waals surface area contributed by atoms with Crippen LogP contribution in [0.1, 0.15) is 15.9 Å². The number of benzene rings is 4. The van der Waals surface area contributed by atoms with Crippen LogP contribution in [0.2, 0.25) is 0 Å². The van der Waals surface area contributed by atoms with Gasteiger partial charge in [-0.25, -0.2) is 4.98 Å². The number of methoxy groups -OCH3 is 1. The number of para-hydroxylation sites is 1. The van der Waals surface area contributed by atoms with E-state index in [2.05, 4.69) is 32.6 Å². The van der Waals surface area contributed by atoms with Crippen molar-refractivity contribution in [1.82, 2.24) is 10.3 Å². The molecule has 5 rings (SSSR count). The summed E-state index contributed by atoms with van der Waals surface area (Å²) in [6.07, 6.45) is 0. The van der Waals surface area contributed by atoms with E-state index in [0.29, 0.717) is 11.3 Å². The second-order valence-electron chi connectivity index (χ2n) is 7.87. The Labute approximate surface area is 220 Å². The Morgan fingerprint density at radius 2 is 1.83 bits per heavy atom.